The lowest BCUT2D eigenvalue weighted by molar-refractivity contribution is 0.251. The molecule has 0 aromatic heterocycles. The molecular formula is C27H28N4O2. The van der Waals surface area contributed by atoms with Gasteiger partial charge in [0.25, 0.3) is 0 Å². The van der Waals surface area contributed by atoms with Gasteiger partial charge in [0.1, 0.15) is 0 Å². The Kier molecular flexibility index (Phi) is 7.38. The van der Waals surface area contributed by atoms with Gasteiger partial charge in [-0.15, -0.1) is 0 Å². The zero-order valence-electron chi connectivity index (χ0n) is 18.4. The van der Waals surface area contributed by atoms with Gasteiger partial charge in [-0.2, -0.15) is 0 Å². The van der Waals surface area contributed by atoms with Crippen LogP contribution in [0.3, 0.4) is 0 Å². The summed E-state index contributed by atoms with van der Waals surface area (Å²) in [6.07, 6.45) is 2.59. The average molecular weight is 441 g/mol. The first-order chi connectivity index (χ1) is 16.2. The van der Waals surface area contributed by atoms with Gasteiger partial charge in [0.2, 0.25) is 0 Å². The van der Waals surface area contributed by atoms with Crippen molar-refractivity contribution in [3.8, 4) is 0 Å². The predicted molar refractivity (Wildman–Crippen MR) is 136 cm³/mol. The van der Waals surface area contributed by atoms with E-state index >= 15 is 0 Å². The fraction of sp³-hybridized carbons (Fsp3) is 0.185. The molecule has 0 aliphatic heterocycles. The Hall–Kier alpha value is -4.06. The van der Waals surface area contributed by atoms with Crippen molar-refractivity contribution in [2.75, 3.05) is 23.7 Å². The minimum Gasteiger partial charge on any atom is -0.338 e. The van der Waals surface area contributed by atoms with E-state index in [4.69, 9.17) is 0 Å². The van der Waals surface area contributed by atoms with Crippen molar-refractivity contribution < 1.29 is 9.59 Å². The Morgan fingerprint density at radius 1 is 0.515 bits per heavy atom. The standard InChI is InChI=1S/C27H28N4O2/c32-26(30-24-16-8-12-20-10-2-4-14-22(20)24)28-18-6-1-7-19-29-27(33)31-25-17-9-13-21-11-3-5-15-23(21)25/h2-5,8-17H,1,6-7,18-19H2,(H2,28,30,32)(H2,29,31,33). The SMILES string of the molecule is O=C(NCCCCCNC(=O)Nc1cccc2ccccc12)Nc1cccc2ccccc12. The highest BCUT2D eigenvalue weighted by Crippen LogP contribution is 2.23. The van der Waals surface area contributed by atoms with E-state index in [1.165, 1.54) is 0 Å². The molecule has 4 aromatic rings. The molecule has 4 rings (SSSR count). The van der Waals surface area contributed by atoms with E-state index in [0.717, 1.165) is 52.2 Å². The first-order valence-electron chi connectivity index (χ1n) is 11.3. The van der Waals surface area contributed by atoms with Crippen LogP contribution in [0.5, 0.6) is 0 Å². The maximum Gasteiger partial charge on any atom is 0.319 e. The van der Waals surface area contributed by atoms with Crippen LogP contribution in [0, 0.1) is 0 Å². The lowest BCUT2D eigenvalue weighted by atomic mass is 10.1. The summed E-state index contributed by atoms with van der Waals surface area (Å²) in [4.78, 5) is 24.4. The smallest absolute Gasteiger partial charge is 0.319 e. The molecule has 4 aromatic carbocycles. The van der Waals surface area contributed by atoms with Crippen molar-refractivity contribution in [3.05, 3.63) is 84.9 Å². The van der Waals surface area contributed by atoms with Crippen molar-refractivity contribution in [1.29, 1.82) is 0 Å². The Bertz CT molecular complexity index is 1150. The first kappa shape index (κ1) is 22.1. The summed E-state index contributed by atoms with van der Waals surface area (Å²) in [6.45, 7) is 1.16. The molecule has 0 unspecified atom stereocenters. The first-order valence-corrected chi connectivity index (χ1v) is 11.3. The molecule has 0 aliphatic carbocycles. The van der Waals surface area contributed by atoms with Gasteiger partial charge in [-0.05, 0) is 42.2 Å². The Morgan fingerprint density at radius 2 is 0.939 bits per heavy atom. The van der Waals surface area contributed by atoms with Gasteiger partial charge in [0.05, 0.1) is 11.4 Å². The quantitative estimate of drug-likeness (QED) is 0.249. The normalized spacial score (nSPS) is 10.7. The van der Waals surface area contributed by atoms with E-state index in [1.54, 1.807) is 0 Å². The van der Waals surface area contributed by atoms with E-state index in [0.29, 0.717) is 13.1 Å². The van der Waals surface area contributed by atoms with Gasteiger partial charge in [0, 0.05) is 23.9 Å². The van der Waals surface area contributed by atoms with Gasteiger partial charge < -0.3 is 21.3 Å². The number of hydrogen-bond donors (Lipinski definition) is 4. The van der Waals surface area contributed by atoms with Crippen LogP contribution in [0.4, 0.5) is 21.0 Å². The highest BCUT2D eigenvalue weighted by Gasteiger charge is 2.06. The summed E-state index contributed by atoms with van der Waals surface area (Å²) >= 11 is 0. The maximum absolute atomic E-state index is 12.2. The Labute approximate surface area is 193 Å². The lowest BCUT2D eigenvalue weighted by Gasteiger charge is -2.11. The molecule has 0 saturated heterocycles. The van der Waals surface area contributed by atoms with E-state index in [-0.39, 0.29) is 12.1 Å². The van der Waals surface area contributed by atoms with Gasteiger partial charge >= 0.3 is 12.1 Å². The fourth-order valence-corrected chi connectivity index (χ4v) is 3.83. The average Bonchev–Trinajstić information content (AvgIpc) is 2.84. The number of urea groups is 2. The number of hydrogen-bond acceptors (Lipinski definition) is 2. The number of rotatable bonds is 8. The Morgan fingerprint density at radius 3 is 1.42 bits per heavy atom. The van der Waals surface area contributed by atoms with E-state index in [1.807, 2.05) is 84.9 Å². The summed E-state index contributed by atoms with van der Waals surface area (Å²) in [5.41, 5.74) is 1.60. The summed E-state index contributed by atoms with van der Waals surface area (Å²) in [5.74, 6) is 0. The molecule has 0 spiro atoms. The highest BCUT2D eigenvalue weighted by atomic mass is 16.2. The molecule has 4 N–H and O–H groups in total. The van der Waals surface area contributed by atoms with Crippen LogP contribution in [0.15, 0.2) is 84.9 Å². The van der Waals surface area contributed by atoms with Crippen molar-refractivity contribution in [2.45, 2.75) is 19.3 Å². The van der Waals surface area contributed by atoms with Gasteiger partial charge in [0.15, 0.2) is 0 Å². The molecule has 0 atom stereocenters. The number of fused-ring (bicyclic) bond motifs is 2. The Balaban J connectivity index is 1.12. The van der Waals surface area contributed by atoms with Gasteiger partial charge in [-0.1, -0.05) is 72.8 Å². The molecule has 0 heterocycles. The molecule has 0 bridgehead atoms. The van der Waals surface area contributed by atoms with Crippen molar-refractivity contribution in [3.63, 3.8) is 0 Å². The second kappa shape index (κ2) is 11.0. The van der Waals surface area contributed by atoms with Crippen LogP contribution in [0.1, 0.15) is 19.3 Å². The van der Waals surface area contributed by atoms with Crippen LogP contribution >= 0.6 is 0 Å². The topological polar surface area (TPSA) is 82.3 Å². The molecule has 0 fully saturated rings. The third-order valence-electron chi connectivity index (χ3n) is 5.50. The highest BCUT2D eigenvalue weighted by molar-refractivity contribution is 6.02. The summed E-state index contributed by atoms with van der Waals surface area (Å²) < 4.78 is 0. The zero-order chi connectivity index (χ0) is 22.9. The molecular weight excluding hydrogens is 412 g/mol. The van der Waals surface area contributed by atoms with Gasteiger partial charge in [-0.25, -0.2) is 9.59 Å². The third-order valence-corrected chi connectivity index (χ3v) is 5.50. The second-order valence-electron chi connectivity index (χ2n) is 7.88. The van der Waals surface area contributed by atoms with Gasteiger partial charge in [-0.3, -0.25) is 0 Å². The molecule has 0 aliphatic rings. The summed E-state index contributed by atoms with van der Waals surface area (Å²) in [5, 5.41) is 15.8. The number of amides is 4. The van der Waals surface area contributed by atoms with E-state index in [2.05, 4.69) is 21.3 Å². The molecule has 0 saturated carbocycles. The molecule has 6 heteroatoms. The number of carbonyl (C=O) groups is 2. The third kappa shape index (κ3) is 6.01. The number of benzene rings is 4. The number of anilines is 2. The maximum atomic E-state index is 12.2. The van der Waals surface area contributed by atoms with Crippen LogP contribution in [-0.4, -0.2) is 25.2 Å². The molecule has 33 heavy (non-hydrogen) atoms. The summed E-state index contributed by atoms with van der Waals surface area (Å²) in [6, 6.07) is 27.2. The molecule has 6 nitrogen and oxygen atoms in total. The van der Waals surface area contributed by atoms with Crippen LogP contribution in [-0.2, 0) is 0 Å². The van der Waals surface area contributed by atoms with Crippen LogP contribution < -0.4 is 21.3 Å². The van der Waals surface area contributed by atoms with Crippen molar-refractivity contribution in [2.24, 2.45) is 0 Å². The molecule has 4 amide bonds. The monoisotopic (exact) mass is 440 g/mol. The van der Waals surface area contributed by atoms with Crippen LogP contribution in [0.2, 0.25) is 0 Å². The largest absolute Gasteiger partial charge is 0.338 e. The fourth-order valence-electron chi connectivity index (χ4n) is 3.83. The lowest BCUT2D eigenvalue weighted by Crippen LogP contribution is -2.30. The minimum atomic E-state index is -0.209. The number of carbonyl (C=O) groups excluding carboxylic acids is 2. The minimum absolute atomic E-state index is 0.209. The van der Waals surface area contributed by atoms with Crippen molar-refractivity contribution >= 4 is 45.0 Å². The predicted octanol–water partition coefficient (Wildman–Crippen LogP) is 6.11. The van der Waals surface area contributed by atoms with Crippen LogP contribution in [0.25, 0.3) is 21.5 Å². The van der Waals surface area contributed by atoms with E-state index < -0.39 is 0 Å². The van der Waals surface area contributed by atoms with E-state index in [9.17, 15) is 9.59 Å². The number of nitrogens with one attached hydrogen (secondary N) is 4. The molecule has 168 valence electrons. The second-order valence-corrected chi connectivity index (χ2v) is 7.88. The zero-order valence-corrected chi connectivity index (χ0v) is 18.4. The summed E-state index contributed by atoms with van der Waals surface area (Å²) in [7, 11) is 0. The van der Waals surface area contributed by atoms with Crippen molar-refractivity contribution in [1.82, 2.24) is 10.6 Å². The number of unbranched alkanes of at least 4 members (excludes halogenated alkanes) is 2. The molecule has 0 radical (unpaired) electrons.